The molecule has 16 heavy (non-hydrogen) atoms. The summed E-state index contributed by atoms with van der Waals surface area (Å²) in [7, 11) is 0. The lowest BCUT2D eigenvalue weighted by molar-refractivity contribution is -0.139. The van der Waals surface area contributed by atoms with Gasteiger partial charge in [0.25, 0.3) is 0 Å². The quantitative estimate of drug-likeness (QED) is 0.810. The zero-order valence-corrected chi connectivity index (χ0v) is 9.07. The summed E-state index contributed by atoms with van der Waals surface area (Å²) in [6.07, 6.45) is 0. The number of carbonyl (C=O) groups is 1. The molecule has 1 fully saturated rings. The molecule has 86 valence electrons. The van der Waals surface area contributed by atoms with Crippen LogP contribution in [0.15, 0.2) is 18.2 Å². The second-order valence-electron chi connectivity index (χ2n) is 4.83. The van der Waals surface area contributed by atoms with Crippen molar-refractivity contribution in [2.24, 2.45) is 11.3 Å². The molecule has 2 unspecified atom stereocenters. The Balaban J connectivity index is 2.33. The molecule has 0 saturated heterocycles. The maximum absolute atomic E-state index is 13.1. The van der Waals surface area contributed by atoms with E-state index in [9.17, 15) is 9.18 Å². The molecule has 0 amide bonds. The minimum Gasteiger partial charge on any atom is -0.505 e. The molecule has 1 aliphatic rings. The third kappa shape index (κ3) is 1.45. The maximum atomic E-state index is 13.1. The van der Waals surface area contributed by atoms with Gasteiger partial charge in [-0.1, -0.05) is 19.9 Å². The Kier molecular flexibility index (Phi) is 2.19. The number of hydrogen-bond acceptors (Lipinski definition) is 2. The average Bonchev–Trinajstić information content (AvgIpc) is 2.74. The summed E-state index contributed by atoms with van der Waals surface area (Å²) in [6.45, 7) is 3.70. The molecule has 0 aromatic heterocycles. The van der Waals surface area contributed by atoms with Crippen LogP contribution >= 0.6 is 0 Å². The largest absolute Gasteiger partial charge is 0.505 e. The minimum absolute atomic E-state index is 0.180. The first-order valence-corrected chi connectivity index (χ1v) is 5.07. The zero-order valence-electron chi connectivity index (χ0n) is 9.07. The Morgan fingerprint density at radius 3 is 2.50 bits per heavy atom. The summed E-state index contributed by atoms with van der Waals surface area (Å²) in [5.41, 5.74) is 0.280. The second-order valence-corrected chi connectivity index (χ2v) is 4.83. The molecule has 1 aromatic rings. The van der Waals surface area contributed by atoms with E-state index in [4.69, 9.17) is 10.2 Å². The van der Waals surface area contributed by atoms with Gasteiger partial charge in [-0.3, -0.25) is 4.79 Å². The third-order valence-corrected chi connectivity index (χ3v) is 3.42. The number of aliphatic carboxylic acids is 1. The van der Waals surface area contributed by atoms with Crippen LogP contribution in [0.2, 0.25) is 0 Å². The van der Waals surface area contributed by atoms with Crippen LogP contribution in [-0.2, 0) is 4.79 Å². The summed E-state index contributed by atoms with van der Waals surface area (Å²) in [6, 6.07) is 4.05. The Morgan fingerprint density at radius 2 is 2.06 bits per heavy atom. The van der Waals surface area contributed by atoms with Crippen LogP contribution < -0.4 is 0 Å². The molecule has 0 aliphatic heterocycles. The summed E-state index contributed by atoms with van der Waals surface area (Å²) >= 11 is 0. The topological polar surface area (TPSA) is 57.5 Å². The van der Waals surface area contributed by atoms with Crippen LogP contribution in [0.5, 0.6) is 5.75 Å². The molecule has 1 aromatic carbocycles. The Hall–Kier alpha value is -1.58. The first-order valence-electron chi connectivity index (χ1n) is 5.07. The van der Waals surface area contributed by atoms with Gasteiger partial charge in [0.1, 0.15) is 0 Å². The highest BCUT2D eigenvalue weighted by Crippen LogP contribution is 2.64. The molecular formula is C12H13FO3. The highest BCUT2D eigenvalue weighted by Gasteiger charge is 2.62. The van der Waals surface area contributed by atoms with Gasteiger partial charge in [0, 0.05) is 5.92 Å². The van der Waals surface area contributed by atoms with Crippen molar-refractivity contribution in [2.45, 2.75) is 19.8 Å². The fraction of sp³-hybridized carbons (Fsp3) is 0.417. The molecule has 0 heterocycles. The van der Waals surface area contributed by atoms with Crippen LogP contribution in [0, 0.1) is 17.2 Å². The Bertz CT molecular complexity index is 454. The van der Waals surface area contributed by atoms with Crippen LogP contribution in [0.25, 0.3) is 0 Å². The van der Waals surface area contributed by atoms with Gasteiger partial charge in [-0.05, 0) is 23.1 Å². The monoisotopic (exact) mass is 224 g/mol. The Morgan fingerprint density at radius 1 is 1.44 bits per heavy atom. The predicted octanol–water partition coefficient (Wildman–Crippen LogP) is 2.36. The third-order valence-electron chi connectivity index (χ3n) is 3.42. The Labute approximate surface area is 92.5 Å². The normalized spacial score (nSPS) is 26.4. The van der Waals surface area contributed by atoms with Gasteiger partial charge in [-0.2, -0.15) is 0 Å². The highest BCUT2D eigenvalue weighted by molar-refractivity contribution is 5.77. The lowest BCUT2D eigenvalue weighted by atomic mass is 10.0. The number of halogens is 1. The van der Waals surface area contributed by atoms with Crippen molar-refractivity contribution in [2.75, 3.05) is 0 Å². The summed E-state index contributed by atoms with van der Waals surface area (Å²) in [4.78, 5) is 11.0. The number of hydrogen-bond donors (Lipinski definition) is 2. The molecular weight excluding hydrogens is 211 g/mol. The standard InChI is InChI=1S/C12H13FO3/c1-12(2)9(10(12)11(15)16)6-3-4-8(14)7(13)5-6/h3-5,9-10,14H,1-2H3,(H,15,16). The van der Waals surface area contributed by atoms with E-state index in [2.05, 4.69) is 0 Å². The van der Waals surface area contributed by atoms with Gasteiger partial charge < -0.3 is 10.2 Å². The van der Waals surface area contributed by atoms with Gasteiger partial charge in [0.15, 0.2) is 11.6 Å². The second kappa shape index (κ2) is 3.20. The van der Waals surface area contributed by atoms with Gasteiger partial charge in [0.2, 0.25) is 0 Å². The van der Waals surface area contributed by atoms with Gasteiger partial charge >= 0.3 is 5.97 Å². The van der Waals surface area contributed by atoms with E-state index in [1.165, 1.54) is 12.1 Å². The summed E-state index contributed by atoms with van der Waals surface area (Å²) in [5.74, 6) is -2.63. The molecule has 1 saturated carbocycles. The summed E-state index contributed by atoms with van der Waals surface area (Å²) in [5, 5.41) is 18.1. The number of aromatic hydroxyl groups is 1. The number of carboxylic acids is 1. The summed E-state index contributed by atoms with van der Waals surface area (Å²) < 4.78 is 13.1. The predicted molar refractivity (Wildman–Crippen MR) is 55.7 cm³/mol. The van der Waals surface area contributed by atoms with Gasteiger partial charge in [-0.25, -0.2) is 4.39 Å². The SMILES string of the molecule is CC1(C)C(C(=O)O)C1c1ccc(O)c(F)c1. The van der Waals surface area contributed by atoms with Crippen molar-refractivity contribution in [1.29, 1.82) is 0 Å². The molecule has 2 atom stereocenters. The van der Waals surface area contributed by atoms with Crippen molar-refractivity contribution in [3.63, 3.8) is 0 Å². The van der Waals surface area contributed by atoms with E-state index >= 15 is 0 Å². The van der Waals surface area contributed by atoms with Crippen LogP contribution in [0.4, 0.5) is 4.39 Å². The molecule has 0 radical (unpaired) electrons. The van der Waals surface area contributed by atoms with Crippen molar-refractivity contribution in [3.05, 3.63) is 29.6 Å². The molecule has 0 bridgehead atoms. The number of phenols is 1. The number of phenolic OH excluding ortho intramolecular Hbond substituents is 1. The molecule has 3 nitrogen and oxygen atoms in total. The molecule has 4 heteroatoms. The first kappa shape index (κ1) is 10.9. The van der Waals surface area contributed by atoms with E-state index in [-0.39, 0.29) is 11.3 Å². The minimum atomic E-state index is -0.858. The number of benzene rings is 1. The van der Waals surface area contributed by atoms with Crippen molar-refractivity contribution < 1.29 is 19.4 Å². The van der Waals surface area contributed by atoms with Crippen LogP contribution in [0.3, 0.4) is 0 Å². The number of rotatable bonds is 2. The van der Waals surface area contributed by atoms with Crippen molar-refractivity contribution in [1.82, 2.24) is 0 Å². The average molecular weight is 224 g/mol. The van der Waals surface area contributed by atoms with E-state index in [1.807, 2.05) is 13.8 Å². The molecule has 2 N–H and O–H groups in total. The molecule has 0 spiro atoms. The highest BCUT2D eigenvalue weighted by atomic mass is 19.1. The molecule has 1 aliphatic carbocycles. The van der Waals surface area contributed by atoms with Crippen LogP contribution in [-0.4, -0.2) is 16.2 Å². The van der Waals surface area contributed by atoms with Gasteiger partial charge in [0.05, 0.1) is 5.92 Å². The fourth-order valence-corrected chi connectivity index (χ4v) is 2.44. The molecule has 2 rings (SSSR count). The van der Waals surface area contributed by atoms with E-state index in [0.717, 1.165) is 0 Å². The first-order chi connectivity index (χ1) is 7.35. The lowest BCUT2D eigenvalue weighted by Gasteiger charge is -2.03. The lowest BCUT2D eigenvalue weighted by Crippen LogP contribution is -2.03. The van der Waals surface area contributed by atoms with E-state index in [0.29, 0.717) is 5.56 Å². The zero-order chi connectivity index (χ0) is 12.1. The number of carboxylic acid groups (broad SMARTS) is 1. The van der Waals surface area contributed by atoms with E-state index < -0.39 is 23.5 Å². The maximum Gasteiger partial charge on any atom is 0.307 e. The van der Waals surface area contributed by atoms with E-state index in [1.54, 1.807) is 6.07 Å². The van der Waals surface area contributed by atoms with Gasteiger partial charge in [-0.15, -0.1) is 0 Å². The van der Waals surface area contributed by atoms with Crippen molar-refractivity contribution >= 4 is 5.97 Å². The van der Waals surface area contributed by atoms with Crippen LogP contribution in [0.1, 0.15) is 25.3 Å². The fourth-order valence-electron chi connectivity index (χ4n) is 2.44. The van der Waals surface area contributed by atoms with Crippen molar-refractivity contribution in [3.8, 4) is 5.75 Å². The smallest absolute Gasteiger partial charge is 0.307 e.